The summed E-state index contributed by atoms with van der Waals surface area (Å²) in [5.41, 5.74) is 0.949. The maximum Gasteiger partial charge on any atom is 0.262 e. The van der Waals surface area contributed by atoms with Gasteiger partial charge >= 0.3 is 0 Å². The lowest BCUT2D eigenvalue weighted by molar-refractivity contribution is -0.123. The number of carbonyl (C=O) groups excluding carboxylic acids is 1. The zero-order valence-electron chi connectivity index (χ0n) is 17.0. The van der Waals surface area contributed by atoms with E-state index >= 15 is 0 Å². The van der Waals surface area contributed by atoms with Crippen LogP contribution < -0.4 is 20.1 Å². The second-order valence-electron chi connectivity index (χ2n) is 7.02. The number of benzene rings is 1. The summed E-state index contributed by atoms with van der Waals surface area (Å²) in [5, 5.41) is 5.43. The molecule has 2 aliphatic rings. The molecule has 2 unspecified atom stereocenters. The van der Waals surface area contributed by atoms with Crippen LogP contribution in [0.25, 0.3) is 0 Å². The van der Waals surface area contributed by atoms with E-state index in [0.717, 1.165) is 5.56 Å². The molecule has 2 heterocycles. The van der Waals surface area contributed by atoms with Gasteiger partial charge in [0.05, 0.1) is 46.1 Å². The summed E-state index contributed by atoms with van der Waals surface area (Å²) in [6.07, 6.45) is -0.475. The largest absolute Gasteiger partial charge is 0.493 e. The van der Waals surface area contributed by atoms with Crippen molar-refractivity contribution in [2.75, 3.05) is 53.6 Å². The number of hydrogen-bond donors (Lipinski definition) is 2. The van der Waals surface area contributed by atoms with E-state index in [9.17, 15) is 13.6 Å². The third-order valence-electron chi connectivity index (χ3n) is 5.17. The molecule has 0 spiro atoms. The summed E-state index contributed by atoms with van der Waals surface area (Å²) in [4.78, 5) is 14.6. The van der Waals surface area contributed by atoms with Gasteiger partial charge < -0.3 is 19.5 Å². The number of amides is 1. The molecule has 2 saturated heterocycles. The lowest BCUT2D eigenvalue weighted by atomic mass is 10.0. The molecule has 2 N–H and O–H groups in total. The molecule has 172 valence electrons. The van der Waals surface area contributed by atoms with E-state index in [0.29, 0.717) is 44.3 Å². The fourth-order valence-corrected chi connectivity index (χ4v) is 3.63. The van der Waals surface area contributed by atoms with E-state index in [-0.39, 0.29) is 30.9 Å². The van der Waals surface area contributed by atoms with Crippen molar-refractivity contribution >= 4 is 30.7 Å². The maximum atomic E-state index is 13.4. The average Bonchev–Trinajstić information content (AvgIpc) is 3.08. The fourth-order valence-electron chi connectivity index (χ4n) is 3.63. The van der Waals surface area contributed by atoms with Crippen LogP contribution in [-0.4, -0.2) is 76.4 Å². The van der Waals surface area contributed by atoms with Gasteiger partial charge in [0, 0.05) is 26.1 Å². The molecule has 1 aromatic rings. The molecule has 1 aromatic carbocycles. The Morgan fingerprint density at radius 3 is 2.50 bits per heavy atom. The number of ether oxygens (including phenoxy) is 3. The van der Waals surface area contributed by atoms with Gasteiger partial charge in [-0.15, -0.1) is 24.8 Å². The molecule has 0 bridgehead atoms. The second-order valence-corrected chi connectivity index (χ2v) is 7.02. The van der Waals surface area contributed by atoms with Crippen LogP contribution in [-0.2, 0) is 9.53 Å². The van der Waals surface area contributed by atoms with Gasteiger partial charge in [0.15, 0.2) is 11.5 Å². The summed E-state index contributed by atoms with van der Waals surface area (Å²) in [5.74, 6) is -2.03. The molecule has 1 amide bonds. The first kappa shape index (κ1) is 26.6. The number of halogens is 4. The van der Waals surface area contributed by atoms with Gasteiger partial charge in [0.1, 0.15) is 0 Å². The van der Waals surface area contributed by atoms with Crippen LogP contribution in [0.4, 0.5) is 8.78 Å². The molecular formula is C19H29Cl2F2N3O4. The Morgan fingerprint density at radius 1 is 1.27 bits per heavy atom. The number of hydrogen-bond acceptors (Lipinski definition) is 6. The van der Waals surface area contributed by atoms with Gasteiger partial charge in [0.25, 0.3) is 5.92 Å². The van der Waals surface area contributed by atoms with Crippen LogP contribution >= 0.6 is 24.8 Å². The fraction of sp³-hybridized carbons (Fsp3) is 0.632. The molecule has 3 rings (SSSR count). The Labute approximate surface area is 187 Å². The molecule has 2 fully saturated rings. The van der Waals surface area contributed by atoms with Crippen LogP contribution in [0.1, 0.15) is 18.0 Å². The lowest BCUT2D eigenvalue weighted by Crippen LogP contribution is -2.47. The smallest absolute Gasteiger partial charge is 0.262 e. The second kappa shape index (κ2) is 11.9. The summed E-state index contributed by atoms with van der Waals surface area (Å²) in [7, 11) is 3.14. The van der Waals surface area contributed by atoms with E-state index in [4.69, 9.17) is 14.2 Å². The SMILES string of the molecule is COc1ccc(C(CNC(=O)C2CC(F)(F)CN2)N2CCOCC2)cc1OC.Cl.Cl. The molecule has 2 atom stereocenters. The number of methoxy groups -OCH3 is 2. The van der Waals surface area contributed by atoms with E-state index in [1.54, 1.807) is 14.2 Å². The summed E-state index contributed by atoms with van der Waals surface area (Å²) < 4.78 is 42.9. The van der Waals surface area contributed by atoms with Gasteiger partial charge in [-0.1, -0.05) is 6.07 Å². The molecular weight excluding hydrogens is 443 g/mol. The van der Waals surface area contributed by atoms with Crippen molar-refractivity contribution in [3.8, 4) is 11.5 Å². The highest BCUT2D eigenvalue weighted by atomic mass is 35.5. The standard InChI is InChI=1S/C19H27F2N3O4.2ClH/c1-26-16-4-3-13(9-17(16)27-2)15(24-5-7-28-8-6-24)11-22-18(25)14-10-19(20,21)12-23-14;;/h3-4,9,14-15,23H,5-8,10-12H2,1-2H3,(H,22,25);2*1H. The van der Waals surface area contributed by atoms with E-state index in [1.807, 2.05) is 18.2 Å². The van der Waals surface area contributed by atoms with Crippen LogP contribution in [0.15, 0.2) is 18.2 Å². The number of carbonyl (C=O) groups is 1. The third kappa shape index (κ3) is 6.55. The van der Waals surface area contributed by atoms with Crippen molar-refractivity contribution in [1.29, 1.82) is 0 Å². The Morgan fingerprint density at radius 2 is 1.93 bits per heavy atom. The molecule has 0 radical (unpaired) electrons. The number of alkyl halides is 2. The van der Waals surface area contributed by atoms with Crippen LogP contribution in [0.2, 0.25) is 0 Å². The normalized spacial score (nSPS) is 21.7. The van der Waals surface area contributed by atoms with Gasteiger partial charge in [-0.2, -0.15) is 0 Å². The van der Waals surface area contributed by atoms with E-state index < -0.39 is 30.8 Å². The molecule has 2 aliphatic heterocycles. The first-order chi connectivity index (χ1) is 13.4. The highest BCUT2D eigenvalue weighted by Crippen LogP contribution is 2.32. The summed E-state index contributed by atoms with van der Waals surface area (Å²) >= 11 is 0. The van der Waals surface area contributed by atoms with Crippen molar-refractivity contribution < 1.29 is 27.8 Å². The Bertz CT molecular complexity index is 694. The molecule has 7 nitrogen and oxygen atoms in total. The minimum absolute atomic E-state index is 0. The first-order valence-corrected chi connectivity index (χ1v) is 9.36. The Hall–Kier alpha value is -1.39. The minimum atomic E-state index is -2.84. The maximum absolute atomic E-state index is 13.4. The molecule has 0 saturated carbocycles. The molecule has 0 aliphatic carbocycles. The zero-order chi connectivity index (χ0) is 20.1. The van der Waals surface area contributed by atoms with Crippen LogP contribution in [0, 0.1) is 0 Å². The quantitative estimate of drug-likeness (QED) is 0.633. The van der Waals surface area contributed by atoms with Crippen molar-refractivity contribution in [1.82, 2.24) is 15.5 Å². The summed E-state index contributed by atoms with van der Waals surface area (Å²) in [6.45, 7) is 2.48. The van der Waals surface area contributed by atoms with Crippen molar-refractivity contribution in [2.24, 2.45) is 0 Å². The number of rotatable bonds is 7. The highest BCUT2D eigenvalue weighted by molar-refractivity contribution is 5.85. The Kier molecular flexibility index (Phi) is 10.5. The van der Waals surface area contributed by atoms with Crippen molar-refractivity contribution in [3.63, 3.8) is 0 Å². The zero-order valence-corrected chi connectivity index (χ0v) is 18.6. The van der Waals surface area contributed by atoms with E-state index in [2.05, 4.69) is 15.5 Å². The van der Waals surface area contributed by atoms with Crippen LogP contribution in [0.5, 0.6) is 11.5 Å². The lowest BCUT2D eigenvalue weighted by Gasteiger charge is -2.35. The molecule has 0 aromatic heterocycles. The first-order valence-electron chi connectivity index (χ1n) is 9.36. The van der Waals surface area contributed by atoms with Gasteiger partial charge in [-0.05, 0) is 17.7 Å². The predicted octanol–water partition coefficient (Wildman–Crippen LogP) is 2.03. The monoisotopic (exact) mass is 471 g/mol. The highest BCUT2D eigenvalue weighted by Gasteiger charge is 2.42. The number of nitrogens with zero attached hydrogens (tertiary/aromatic N) is 1. The predicted molar refractivity (Wildman–Crippen MR) is 114 cm³/mol. The number of morpholine rings is 1. The minimum Gasteiger partial charge on any atom is -0.493 e. The Balaban J connectivity index is 0.00000225. The third-order valence-corrected chi connectivity index (χ3v) is 5.17. The molecule has 30 heavy (non-hydrogen) atoms. The van der Waals surface area contributed by atoms with Gasteiger partial charge in [-0.25, -0.2) is 8.78 Å². The van der Waals surface area contributed by atoms with E-state index in [1.165, 1.54) is 0 Å². The van der Waals surface area contributed by atoms with Crippen molar-refractivity contribution in [2.45, 2.75) is 24.4 Å². The average molecular weight is 472 g/mol. The van der Waals surface area contributed by atoms with Crippen molar-refractivity contribution in [3.05, 3.63) is 23.8 Å². The van der Waals surface area contributed by atoms with Gasteiger partial charge in [-0.3, -0.25) is 15.0 Å². The summed E-state index contributed by atoms with van der Waals surface area (Å²) in [6, 6.07) is 4.63. The number of nitrogens with one attached hydrogen (secondary N) is 2. The van der Waals surface area contributed by atoms with Gasteiger partial charge in [0.2, 0.25) is 5.91 Å². The topological polar surface area (TPSA) is 72.1 Å². The molecule has 11 heteroatoms. The van der Waals surface area contributed by atoms with Crippen LogP contribution in [0.3, 0.4) is 0 Å².